The van der Waals surface area contributed by atoms with E-state index < -0.39 is 5.97 Å². The van der Waals surface area contributed by atoms with Crippen molar-refractivity contribution in [2.45, 2.75) is 25.7 Å². The number of aliphatic carboxylic acids is 1. The smallest absolute Gasteiger partial charge is 0.303 e. The van der Waals surface area contributed by atoms with Gasteiger partial charge in [-0.15, -0.1) is 12.4 Å². The Morgan fingerprint density at radius 3 is 2.40 bits per heavy atom. The van der Waals surface area contributed by atoms with Crippen LogP contribution in [-0.4, -0.2) is 35.0 Å². The van der Waals surface area contributed by atoms with Gasteiger partial charge in [0.1, 0.15) is 0 Å². The highest BCUT2D eigenvalue weighted by atomic mass is 35.5. The Bertz CT molecular complexity index is 227. The van der Waals surface area contributed by atoms with Crippen LogP contribution in [0.5, 0.6) is 0 Å². The van der Waals surface area contributed by atoms with Crippen LogP contribution in [0.2, 0.25) is 0 Å². The predicted octanol–water partition coefficient (Wildman–Crippen LogP) is 0.878. The van der Waals surface area contributed by atoms with Crippen LogP contribution in [0.15, 0.2) is 0 Å². The van der Waals surface area contributed by atoms with Gasteiger partial charge in [-0.2, -0.15) is 0 Å². The minimum absolute atomic E-state index is 0. The average molecular weight is 236 g/mol. The molecule has 0 saturated carbocycles. The third-order valence-corrected chi connectivity index (χ3v) is 2.72. The van der Waals surface area contributed by atoms with Crippen molar-refractivity contribution in [3.8, 4) is 0 Å². The van der Waals surface area contributed by atoms with Crippen LogP contribution in [0.4, 0.5) is 0 Å². The van der Waals surface area contributed by atoms with Crippen molar-refractivity contribution in [1.29, 1.82) is 5.41 Å². The van der Waals surface area contributed by atoms with Crippen molar-refractivity contribution in [3.63, 3.8) is 0 Å². The molecule has 15 heavy (non-hydrogen) atoms. The molecule has 1 aliphatic heterocycles. The Morgan fingerprint density at radius 2 is 2.00 bits per heavy atom. The topological polar surface area (TPSA) is 90.4 Å². The van der Waals surface area contributed by atoms with E-state index in [0.29, 0.717) is 5.92 Å². The maximum Gasteiger partial charge on any atom is 0.303 e. The number of carboxylic acid groups (broad SMARTS) is 1. The second kappa shape index (κ2) is 6.50. The highest BCUT2D eigenvalue weighted by Gasteiger charge is 2.20. The molecule has 88 valence electrons. The summed E-state index contributed by atoms with van der Waals surface area (Å²) in [5.41, 5.74) is 5.35. The van der Waals surface area contributed by atoms with E-state index in [1.807, 2.05) is 4.90 Å². The van der Waals surface area contributed by atoms with E-state index in [9.17, 15) is 4.79 Å². The van der Waals surface area contributed by atoms with E-state index in [1.165, 1.54) is 0 Å². The summed E-state index contributed by atoms with van der Waals surface area (Å²) < 4.78 is 0. The molecule has 1 fully saturated rings. The highest BCUT2D eigenvalue weighted by Crippen LogP contribution is 2.21. The van der Waals surface area contributed by atoms with Gasteiger partial charge in [0.25, 0.3) is 0 Å². The zero-order valence-electron chi connectivity index (χ0n) is 8.61. The Hall–Kier alpha value is -0.970. The van der Waals surface area contributed by atoms with Gasteiger partial charge >= 0.3 is 5.97 Å². The summed E-state index contributed by atoms with van der Waals surface area (Å²) in [5, 5.41) is 15.8. The summed E-state index contributed by atoms with van der Waals surface area (Å²) >= 11 is 0. The van der Waals surface area contributed by atoms with Crippen LogP contribution in [0.25, 0.3) is 0 Å². The van der Waals surface area contributed by atoms with Crippen molar-refractivity contribution in [3.05, 3.63) is 0 Å². The molecule has 0 spiro atoms. The molecule has 0 aromatic rings. The number of piperidine rings is 1. The maximum absolute atomic E-state index is 10.3. The first-order valence-corrected chi connectivity index (χ1v) is 4.90. The predicted molar refractivity (Wildman–Crippen MR) is 60.3 cm³/mol. The summed E-state index contributed by atoms with van der Waals surface area (Å²) in [6.45, 7) is 1.58. The maximum atomic E-state index is 10.3. The van der Waals surface area contributed by atoms with Gasteiger partial charge in [0.15, 0.2) is 5.96 Å². The van der Waals surface area contributed by atoms with Crippen LogP contribution >= 0.6 is 12.4 Å². The van der Waals surface area contributed by atoms with Gasteiger partial charge in [0.05, 0.1) is 0 Å². The fourth-order valence-electron chi connectivity index (χ4n) is 1.79. The molecule has 0 radical (unpaired) electrons. The van der Waals surface area contributed by atoms with Crippen LogP contribution < -0.4 is 5.73 Å². The standard InChI is InChI=1S/C9H17N3O2.ClH/c10-9(11)12-5-3-7(4-6-12)1-2-8(13)14;/h7H,1-6H2,(H3,10,11)(H,13,14);1H. The zero-order chi connectivity index (χ0) is 10.6. The van der Waals surface area contributed by atoms with E-state index in [2.05, 4.69) is 0 Å². The summed E-state index contributed by atoms with van der Waals surface area (Å²) in [5.74, 6) is -0.109. The first-order valence-electron chi connectivity index (χ1n) is 4.90. The van der Waals surface area contributed by atoms with Crippen LogP contribution in [0.3, 0.4) is 0 Å². The minimum Gasteiger partial charge on any atom is -0.481 e. The zero-order valence-corrected chi connectivity index (χ0v) is 9.42. The number of hydrogen-bond donors (Lipinski definition) is 3. The third kappa shape index (κ3) is 4.88. The number of halogens is 1. The van der Waals surface area contributed by atoms with Gasteiger partial charge in [-0.05, 0) is 25.2 Å². The molecule has 0 aromatic carbocycles. The molecule has 0 unspecified atom stereocenters. The van der Waals surface area contributed by atoms with Crippen molar-refractivity contribution in [2.75, 3.05) is 13.1 Å². The number of hydrogen-bond acceptors (Lipinski definition) is 2. The molecular weight excluding hydrogens is 218 g/mol. The molecule has 0 atom stereocenters. The van der Waals surface area contributed by atoms with E-state index >= 15 is 0 Å². The first-order chi connectivity index (χ1) is 6.59. The molecule has 0 bridgehead atoms. The summed E-state index contributed by atoms with van der Waals surface area (Å²) in [6, 6.07) is 0. The Balaban J connectivity index is 0.00000196. The van der Waals surface area contributed by atoms with Crippen molar-refractivity contribution in [2.24, 2.45) is 11.7 Å². The molecule has 1 saturated heterocycles. The average Bonchev–Trinajstić information content (AvgIpc) is 2.15. The van der Waals surface area contributed by atoms with Crippen LogP contribution in [-0.2, 0) is 4.79 Å². The fourth-order valence-corrected chi connectivity index (χ4v) is 1.79. The molecule has 0 aliphatic carbocycles. The Labute approximate surface area is 95.5 Å². The lowest BCUT2D eigenvalue weighted by Crippen LogP contribution is -2.42. The molecule has 5 nitrogen and oxygen atoms in total. The Morgan fingerprint density at radius 1 is 1.47 bits per heavy atom. The minimum atomic E-state index is -0.723. The van der Waals surface area contributed by atoms with Crippen LogP contribution in [0, 0.1) is 11.3 Å². The number of nitrogens with zero attached hydrogens (tertiary/aromatic N) is 1. The first kappa shape index (κ1) is 14.0. The lowest BCUT2D eigenvalue weighted by atomic mass is 9.92. The van der Waals surface area contributed by atoms with Gasteiger partial charge in [0.2, 0.25) is 0 Å². The second-order valence-corrected chi connectivity index (χ2v) is 3.75. The van der Waals surface area contributed by atoms with Gasteiger partial charge in [-0.1, -0.05) is 0 Å². The fraction of sp³-hybridized carbons (Fsp3) is 0.778. The van der Waals surface area contributed by atoms with E-state index in [1.54, 1.807) is 0 Å². The molecule has 0 amide bonds. The third-order valence-electron chi connectivity index (χ3n) is 2.72. The molecule has 1 aliphatic rings. The number of nitrogens with one attached hydrogen (secondary N) is 1. The number of carbonyl (C=O) groups is 1. The number of likely N-dealkylation sites (tertiary alicyclic amines) is 1. The van der Waals surface area contributed by atoms with Crippen molar-refractivity contribution in [1.82, 2.24) is 4.90 Å². The van der Waals surface area contributed by atoms with Crippen LogP contribution in [0.1, 0.15) is 25.7 Å². The molecule has 6 heteroatoms. The van der Waals surface area contributed by atoms with Gasteiger partial charge < -0.3 is 15.7 Å². The molecule has 1 heterocycles. The van der Waals surface area contributed by atoms with Gasteiger partial charge in [0, 0.05) is 19.5 Å². The Kier molecular flexibility index (Phi) is 6.08. The number of carboxylic acids is 1. The van der Waals surface area contributed by atoms with Gasteiger partial charge in [-0.25, -0.2) is 0 Å². The second-order valence-electron chi connectivity index (χ2n) is 3.75. The normalized spacial score (nSPS) is 16.9. The quantitative estimate of drug-likeness (QED) is 0.500. The van der Waals surface area contributed by atoms with E-state index in [-0.39, 0.29) is 24.8 Å². The molecule has 1 rings (SSSR count). The van der Waals surface area contributed by atoms with Crippen molar-refractivity contribution >= 4 is 24.3 Å². The lowest BCUT2D eigenvalue weighted by molar-refractivity contribution is -0.137. The number of nitrogens with two attached hydrogens (primary N) is 1. The lowest BCUT2D eigenvalue weighted by Gasteiger charge is -2.31. The van der Waals surface area contributed by atoms with E-state index in [0.717, 1.165) is 32.4 Å². The number of rotatable bonds is 3. The summed E-state index contributed by atoms with van der Waals surface area (Å²) in [6.07, 6.45) is 2.91. The van der Waals surface area contributed by atoms with Crippen molar-refractivity contribution < 1.29 is 9.90 Å². The van der Waals surface area contributed by atoms with E-state index in [4.69, 9.17) is 16.2 Å². The van der Waals surface area contributed by atoms with Gasteiger partial charge in [-0.3, -0.25) is 10.2 Å². The number of guanidine groups is 1. The highest BCUT2D eigenvalue weighted by molar-refractivity contribution is 5.85. The molecular formula is C9H18ClN3O2. The monoisotopic (exact) mass is 235 g/mol. The molecule has 4 N–H and O–H groups in total. The largest absolute Gasteiger partial charge is 0.481 e. The molecule has 0 aromatic heterocycles. The SMILES string of the molecule is Cl.N=C(N)N1CCC(CCC(=O)O)CC1. The summed E-state index contributed by atoms with van der Waals surface area (Å²) in [4.78, 5) is 12.2. The summed E-state index contributed by atoms with van der Waals surface area (Å²) in [7, 11) is 0.